The summed E-state index contributed by atoms with van der Waals surface area (Å²) in [6.45, 7) is 0. The molecule has 0 radical (unpaired) electrons. The summed E-state index contributed by atoms with van der Waals surface area (Å²) in [5.74, 6) is -0.290. The molecule has 6 nitrogen and oxygen atoms in total. The van der Waals surface area contributed by atoms with Crippen LogP contribution in [-0.2, 0) is 10.0 Å². The highest BCUT2D eigenvalue weighted by Crippen LogP contribution is 2.19. The summed E-state index contributed by atoms with van der Waals surface area (Å²) in [6, 6.07) is 24.6. The lowest BCUT2D eigenvalue weighted by Gasteiger charge is -2.08. The molecule has 0 saturated carbocycles. The molecule has 31 heavy (non-hydrogen) atoms. The number of anilines is 2. The van der Waals surface area contributed by atoms with Gasteiger partial charge < -0.3 is 5.32 Å². The number of amides is 1. The van der Waals surface area contributed by atoms with E-state index in [0.29, 0.717) is 16.9 Å². The predicted octanol–water partition coefficient (Wildman–Crippen LogP) is 4.90. The number of sulfonamides is 1. The van der Waals surface area contributed by atoms with Crippen molar-refractivity contribution in [3.63, 3.8) is 0 Å². The normalized spacial score (nSPS) is 11.5. The lowest BCUT2D eigenvalue weighted by Crippen LogP contribution is -2.12. The van der Waals surface area contributed by atoms with Crippen LogP contribution in [-0.4, -0.2) is 19.3 Å². The topological polar surface area (TPSA) is 88.2 Å². The molecule has 0 spiro atoms. The molecule has 0 unspecified atom stereocenters. The van der Waals surface area contributed by atoms with Crippen molar-refractivity contribution in [2.75, 3.05) is 10.0 Å². The van der Waals surface area contributed by atoms with E-state index in [-0.39, 0.29) is 5.91 Å². The smallest absolute Gasteiger partial charge is 0.255 e. The van der Waals surface area contributed by atoms with Crippen LogP contribution in [0.5, 0.6) is 0 Å². The van der Waals surface area contributed by atoms with Gasteiger partial charge >= 0.3 is 0 Å². The van der Waals surface area contributed by atoms with Crippen LogP contribution in [0.15, 0.2) is 96.5 Å². The number of rotatable bonds is 6. The summed E-state index contributed by atoms with van der Waals surface area (Å²) in [4.78, 5) is 16.8. The first-order chi connectivity index (χ1) is 15.0. The fraction of sp³-hybridized carbons (Fsp3) is 0. The molecular formula is C24H19N3O3S. The fourth-order valence-electron chi connectivity index (χ4n) is 2.98. The van der Waals surface area contributed by atoms with Crippen molar-refractivity contribution in [3.05, 3.63) is 108 Å². The molecule has 7 heteroatoms. The zero-order chi connectivity index (χ0) is 21.7. The average molecular weight is 430 g/mol. The van der Waals surface area contributed by atoms with Crippen molar-refractivity contribution in [3.8, 4) is 0 Å². The van der Waals surface area contributed by atoms with Crippen LogP contribution in [0.4, 0.5) is 11.4 Å². The minimum absolute atomic E-state index is 0.290. The minimum atomic E-state index is -3.67. The Labute approximate surface area is 180 Å². The number of carbonyl (C=O) groups is 1. The molecule has 3 aromatic carbocycles. The quantitative estimate of drug-likeness (QED) is 0.456. The Balaban J connectivity index is 1.42. The molecule has 0 aliphatic carbocycles. The van der Waals surface area contributed by atoms with Gasteiger partial charge in [-0.3, -0.25) is 14.5 Å². The van der Waals surface area contributed by atoms with Crippen LogP contribution in [0.1, 0.15) is 15.9 Å². The highest BCUT2D eigenvalue weighted by atomic mass is 32.2. The zero-order valence-corrected chi connectivity index (χ0v) is 17.2. The van der Waals surface area contributed by atoms with Crippen LogP contribution >= 0.6 is 0 Å². The monoisotopic (exact) mass is 429 g/mol. The van der Waals surface area contributed by atoms with Gasteiger partial charge in [0.15, 0.2) is 0 Å². The van der Waals surface area contributed by atoms with Crippen molar-refractivity contribution in [2.45, 2.75) is 0 Å². The number of pyridine rings is 1. The Morgan fingerprint density at radius 1 is 0.839 bits per heavy atom. The van der Waals surface area contributed by atoms with Crippen LogP contribution in [0, 0.1) is 0 Å². The zero-order valence-electron chi connectivity index (χ0n) is 16.4. The molecule has 0 fully saturated rings. The van der Waals surface area contributed by atoms with Crippen molar-refractivity contribution >= 4 is 44.3 Å². The van der Waals surface area contributed by atoms with Gasteiger partial charge in [-0.05, 0) is 60.2 Å². The first-order valence-electron chi connectivity index (χ1n) is 9.51. The van der Waals surface area contributed by atoms with Gasteiger partial charge in [-0.15, -0.1) is 0 Å². The van der Waals surface area contributed by atoms with Gasteiger partial charge in [0, 0.05) is 28.5 Å². The lowest BCUT2D eigenvalue weighted by molar-refractivity contribution is 0.102. The van der Waals surface area contributed by atoms with E-state index in [1.54, 1.807) is 36.5 Å². The molecule has 0 saturated heterocycles. The van der Waals surface area contributed by atoms with Crippen LogP contribution in [0.2, 0.25) is 0 Å². The van der Waals surface area contributed by atoms with Crippen molar-refractivity contribution in [1.29, 1.82) is 0 Å². The summed E-state index contributed by atoms with van der Waals surface area (Å²) in [5.41, 5.74) is 3.06. The summed E-state index contributed by atoms with van der Waals surface area (Å²) in [6.07, 6.45) is 3.23. The second-order valence-electron chi connectivity index (χ2n) is 6.80. The molecule has 4 aromatic rings. The second-order valence-corrected chi connectivity index (χ2v) is 8.37. The summed E-state index contributed by atoms with van der Waals surface area (Å²) in [5, 5.41) is 4.87. The first-order valence-corrected chi connectivity index (χ1v) is 11.1. The molecule has 0 aliphatic rings. The Kier molecular flexibility index (Phi) is 5.77. The van der Waals surface area contributed by atoms with E-state index in [4.69, 9.17) is 0 Å². The van der Waals surface area contributed by atoms with E-state index >= 15 is 0 Å². The number of carbonyl (C=O) groups excluding carboxylic acids is 1. The number of hydrogen-bond donors (Lipinski definition) is 2. The largest absolute Gasteiger partial charge is 0.322 e. The van der Waals surface area contributed by atoms with E-state index in [1.807, 2.05) is 54.6 Å². The maximum atomic E-state index is 12.5. The van der Waals surface area contributed by atoms with Crippen molar-refractivity contribution in [1.82, 2.24) is 4.98 Å². The van der Waals surface area contributed by atoms with E-state index in [2.05, 4.69) is 15.0 Å². The van der Waals surface area contributed by atoms with Gasteiger partial charge in [-0.2, -0.15) is 0 Å². The molecule has 0 aliphatic heterocycles. The number of nitrogens with one attached hydrogen (secondary N) is 2. The van der Waals surface area contributed by atoms with Gasteiger partial charge in [0.1, 0.15) is 0 Å². The minimum Gasteiger partial charge on any atom is -0.322 e. The lowest BCUT2D eigenvalue weighted by atomic mass is 10.1. The third-order valence-corrected chi connectivity index (χ3v) is 5.52. The van der Waals surface area contributed by atoms with E-state index in [0.717, 1.165) is 21.9 Å². The Morgan fingerprint density at radius 2 is 1.58 bits per heavy atom. The molecule has 1 amide bonds. The van der Waals surface area contributed by atoms with E-state index in [1.165, 1.54) is 6.08 Å². The maximum absolute atomic E-state index is 12.5. The number of benzene rings is 3. The highest BCUT2D eigenvalue weighted by Gasteiger charge is 2.09. The summed E-state index contributed by atoms with van der Waals surface area (Å²) >= 11 is 0. The van der Waals surface area contributed by atoms with Crippen molar-refractivity contribution in [2.24, 2.45) is 0 Å². The third kappa shape index (κ3) is 5.34. The fourth-order valence-corrected chi connectivity index (χ4v) is 3.85. The van der Waals surface area contributed by atoms with Crippen LogP contribution in [0.25, 0.3) is 17.0 Å². The van der Waals surface area contributed by atoms with Crippen molar-refractivity contribution < 1.29 is 13.2 Å². The van der Waals surface area contributed by atoms with Gasteiger partial charge in [0.05, 0.1) is 10.9 Å². The molecule has 4 rings (SSSR count). The molecular weight excluding hydrogens is 410 g/mol. The predicted molar refractivity (Wildman–Crippen MR) is 124 cm³/mol. The van der Waals surface area contributed by atoms with Crippen LogP contribution < -0.4 is 10.0 Å². The number of fused-ring (bicyclic) bond motifs is 1. The van der Waals surface area contributed by atoms with Gasteiger partial charge in [-0.1, -0.05) is 36.4 Å². The van der Waals surface area contributed by atoms with Gasteiger partial charge in [0.25, 0.3) is 15.9 Å². The van der Waals surface area contributed by atoms with Gasteiger partial charge in [0.2, 0.25) is 0 Å². The second kappa shape index (κ2) is 8.81. The maximum Gasteiger partial charge on any atom is 0.255 e. The molecule has 1 heterocycles. The highest BCUT2D eigenvalue weighted by molar-refractivity contribution is 7.95. The molecule has 0 bridgehead atoms. The average Bonchev–Trinajstić information content (AvgIpc) is 2.79. The van der Waals surface area contributed by atoms with Crippen LogP contribution in [0.3, 0.4) is 0 Å². The Hall–Kier alpha value is -3.97. The SMILES string of the molecule is O=C(Nc1ccc2ncccc2c1)c1ccc(NS(=O)(=O)/C=C/c2ccccc2)cc1. The third-order valence-electron chi connectivity index (χ3n) is 4.51. The standard InChI is InChI=1S/C24H19N3O3S/c28-24(26-22-12-13-23-20(17-22)7-4-15-25-23)19-8-10-21(11-9-19)27-31(29,30)16-14-18-5-2-1-3-6-18/h1-17,27H,(H,26,28)/b16-14+. The first kappa shape index (κ1) is 20.3. The summed E-state index contributed by atoms with van der Waals surface area (Å²) < 4.78 is 27.0. The number of aromatic nitrogens is 1. The molecule has 0 atom stereocenters. The van der Waals surface area contributed by atoms with E-state index < -0.39 is 10.0 Å². The van der Waals surface area contributed by atoms with Gasteiger partial charge in [-0.25, -0.2) is 8.42 Å². The molecule has 2 N–H and O–H groups in total. The number of hydrogen-bond acceptors (Lipinski definition) is 4. The molecule has 154 valence electrons. The van der Waals surface area contributed by atoms with E-state index in [9.17, 15) is 13.2 Å². The Morgan fingerprint density at radius 3 is 2.35 bits per heavy atom. The summed E-state index contributed by atoms with van der Waals surface area (Å²) in [7, 11) is -3.67. The number of nitrogens with zero attached hydrogens (tertiary/aromatic N) is 1. The Bertz CT molecular complexity index is 1350. The molecule has 1 aromatic heterocycles.